The largest absolute Gasteiger partial charge is 0.481 e. The first-order valence-corrected chi connectivity index (χ1v) is 13.0. The van der Waals surface area contributed by atoms with E-state index in [1.54, 1.807) is 27.7 Å². The first-order chi connectivity index (χ1) is 17.9. The molecule has 214 valence electrons. The molecule has 1 aliphatic rings. The molecule has 0 radical (unpaired) electrons. The van der Waals surface area contributed by atoms with Crippen LogP contribution in [0.1, 0.15) is 85.8 Å². The highest BCUT2D eigenvalue weighted by atomic mass is 35.5. The van der Waals surface area contributed by atoms with Gasteiger partial charge in [-0.15, -0.1) is 0 Å². The lowest BCUT2D eigenvalue weighted by Crippen LogP contribution is -2.42. The van der Waals surface area contributed by atoms with Crippen molar-refractivity contribution in [1.29, 1.82) is 0 Å². The average Bonchev–Trinajstić information content (AvgIpc) is 3.26. The van der Waals surface area contributed by atoms with Crippen LogP contribution in [-0.2, 0) is 11.0 Å². The zero-order valence-corrected chi connectivity index (χ0v) is 23.3. The Kier molecular flexibility index (Phi) is 8.77. The van der Waals surface area contributed by atoms with Crippen molar-refractivity contribution in [2.45, 2.75) is 65.6 Å². The molecule has 1 aliphatic carbocycles. The number of hydrogen-bond donors (Lipinski definition) is 1. The van der Waals surface area contributed by atoms with E-state index in [4.69, 9.17) is 23.2 Å². The zero-order valence-electron chi connectivity index (χ0n) is 21.8. The number of amides is 1. The van der Waals surface area contributed by atoms with Crippen LogP contribution in [0.15, 0.2) is 18.3 Å². The quantitative estimate of drug-likeness (QED) is 0.213. The third kappa shape index (κ3) is 6.74. The van der Waals surface area contributed by atoms with Crippen LogP contribution in [-0.4, -0.2) is 50.5 Å². The SMILES string of the molecule is CC(C)(C)CN(CC(=O)c1c(Cl)ccc(F)c1Cl)C(=O)c1cnn(C2CCC(C)(C(=O)O)CC2)c1C(F)(F)F. The summed E-state index contributed by atoms with van der Waals surface area (Å²) in [5, 5.41) is 12.6. The number of rotatable bonds is 7. The van der Waals surface area contributed by atoms with Crippen LogP contribution in [0.4, 0.5) is 17.6 Å². The second kappa shape index (κ2) is 11.1. The van der Waals surface area contributed by atoms with Gasteiger partial charge in [-0.2, -0.15) is 18.3 Å². The van der Waals surface area contributed by atoms with Gasteiger partial charge in [-0.1, -0.05) is 44.0 Å². The normalized spacial score (nSPS) is 20.1. The van der Waals surface area contributed by atoms with E-state index in [-0.39, 0.29) is 42.8 Å². The van der Waals surface area contributed by atoms with E-state index < -0.39 is 69.3 Å². The first-order valence-electron chi connectivity index (χ1n) is 12.2. The number of carbonyl (C=O) groups excluding carboxylic acids is 2. The lowest BCUT2D eigenvalue weighted by Gasteiger charge is -2.34. The lowest BCUT2D eigenvalue weighted by atomic mass is 9.74. The Morgan fingerprint density at radius 3 is 2.26 bits per heavy atom. The van der Waals surface area contributed by atoms with Crippen molar-refractivity contribution in [3.8, 4) is 0 Å². The summed E-state index contributed by atoms with van der Waals surface area (Å²) < 4.78 is 57.8. The van der Waals surface area contributed by atoms with Gasteiger partial charge in [0, 0.05) is 6.54 Å². The summed E-state index contributed by atoms with van der Waals surface area (Å²) in [6.45, 7) is 5.92. The molecular weight excluding hydrogens is 565 g/mol. The van der Waals surface area contributed by atoms with Crippen LogP contribution in [0, 0.1) is 16.6 Å². The Labute approximate surface area is 233 Å². The van der Waals surface area contributed by atoms with Crippen molar-refractivity contribution < 1.29 is 37.1 Å². The molecular formula is C26H29Cl2F4N3O4. The molecule has 0 unspecified atom stereocenters. The van der Waals surface area contributed by atoms with Gasteiger partial charge in [-0.25, -0.2) is 4.39 Å². The van der Waals surface area contributed by atoms with Crippen molar-refractivity contribution in [2.24, 2.45) is 10.8 Å². The molecule has 1 fully saturated rings. The number of carboxylic acids is 1. The molecule has 1 saturated carbocycles. The average molecular weight is 594 g/mol. The molecule has 1 N–H and O–H groups in total. The highest BCUT2D eigenvalue weighted by molar-refractivity contribution is 6.40. The Balaban J connectivity index is 2.00. The predicted molar refractivity (Wildman–Crippen MR) is 137 cm³/mol. The van der Waals surface area contributed by atoms with Crippen LogP contribution in [0.25, 0.3) is 0 Å². The summed E-state index contributed by atoms with van der Waals surface area (Å²) in [7, 11) is 0. The topological polar surface area (TPSA) is 92.5 Å². The summed E-state index contributed by atoms with van der Waals surface area (Å²) in [6, 6.07) is 1.32. The van der Waals surface area contributed by atoms with Gasteiger partial charge in [-0.05, 0) is 50.2 Å². The summed E-state index contributed by atoms with van der Waals surface area (Å²) in [5.41, 5.74) is -4.08. The van der Waals surface area contributed by atoms with E-state index in [2.05, 4.69) is 5.10 Å². The van der Waals surface area contributed by atoms with Crippen molar-refractivity contribution in [3.05, 3.63) is 51.0 Å². The van der Waals surface area contributed by atoms with Crippen molar-refractivity contribution >= 4 is 40.9 Å². The Hall–Kier alpha value is -2.66. The molecule has 39 heavy (non-hydrogen) atoms. The molecule has 0 bridgehead atoms. The molecule has 1 amide bonds. The summed E-state index contributed by atoms with van der Waals surface area (Å²) in [4.78, 5) is 39.2. The summed E-state index contributed by atoms with van der Waals surface area (Å²) in [6.07, 6.45) is -3.61. The van der Waals surface area contributed by atoms with E-state index in [0.29, 0.717) is 0 Å². The predicted octanol–water partition coefficient (Wildman–Crippen LogP) is 6.93. The Morgan fingerprint density at radius 2 is 1.74 bits per heavy atom. The molecule has 13 heteroatoms. The number of Topliss-reactive ketones (excluding diaryl/α,β-unsaturated/α-hetero) is 1. The number of aliphatic carboxylic acids is 1. The van der Waals surface area contributed by atoms with Gasteiger partial charge >= 0.3 is 12.1 Å². The summed E-state index contributed by atoms with van der Waals surface area (Å²) >= 11 is 12.0. The zero-order chi connectivity index (χ0) is 29.5. The highest BCUT2D eigenvalue weighted by Crippen LogP contribution is 2.43. The number of alkyl halides is 3. The maximum Gasteiger partial charge on any atom is 0.433 e. The van der Waals surface area contributed by atoms with E-state index >= 15 is 0 Å². The maximum absolute atomic E-state index is 14.3. The van der Waals surface area contributed by atoms with Gasteiger partial charge < -0.3 is 10.0 Å². The maximum atomic E-state index is 14.3. The second-order valence-corrected chi connectivity index (χ2v) is 12.1. The molecule has 0 atom stereocenters. The third-order valence-electron chi connectivity index (χ3n) is 6.82. The number of benzene rings is 1. The monoisotopic (exact) mass is 593 g/mol. The molecule has 1 aromatic carbocycles. The fourth-order valence-electron chi connectivity index (χ4n) is 4.75. The molecule has 0 saturated heterocycles. The number of ketones is 1. The number of hydrogen-bond acceptors (Lipinski definition) is 4. The van der Waals surface area contributed by atoms with Gasteiger partial charge in [0.2, 0.25) is 0 Å². The minimum atomic E-state index is -4.97. The van der Waals surface area contributed by atoms with Gasteiger partial charge in [0.15, 0.2) is 11.5 Å². The fourth-order valence-corrected chi connectivity index (χ4v) is 5.34. The molecule has 0 spiro atoms. The van der Waals surface area contributed by atoms with Crippen LogP contribution in [0.2, 0.25) is 10.0 Å². The Morgan fingerprint density at radius 1 is 1.15 bits per heavy atom. The lowest BCUT2D eigenvalue weighted by molar-refractivity contribution is -0.152. The van der Waals surface area contributed by atoms with Crippen molar-refractivity contribution in [1.82, 2.24) is 14.7 Å². The standard InChI is InChI=1S/C26H29Cl2F4N3O4/c1-24(2,3)13-34(12-18(36)19-16(27)5-6-17(29)20(19)28)22(37)15-11-33-35(21(15)26(30,31)32)14-7-9-25(4,10-8-14)23(38)39/h5-6,11,14H,7-10,12-13H2,1-4H3,(H,38,39). The molecule has 3 rings (SSSR count). The van der Waals surface area contributed by atoms with E-state index in [0.717, 1.165) is 27.9 Å². The first kappa shape index (κ1) is 30.9. The van der Waals surface area contributed by atoms with Gasteiger partial charge in [0.25, 0.3) is 5.91 Å². The second-order valence-electron chi connectivity index (χ2n) is 11.3. The number of aromatic nitrogens is 2. The van der Waals surface area contributed by atoms with Crippen LogP contribution in [0.3, 0.4) is 0 Å². The molecule has 1 heterocycles. The van der Waals surface area contributed by atoms with Gasteiger partial charge in [0.05, 0.1) is 45.4 Å². The van der Waals surface area contributed by atoms with Crippen molar-refractivity contribution in [3.63, 3.8) is 0 Å². The van der Waals surface area contributed by atoms with Gasteiger partial charge in [-0.3, -0.25) is 19.1 Å². The summed E-state index contributed by atoms with van der Waals surface area (Å²) in [5.74, 6) is -3.87. The van der Waals surface area contributed by atoms with Gasteiger partial charge in [0.1, 0.15) is 5.82 Å². The van der Waals surface area contributed by atoms with Crippen molar-refractivity contribution in [2.75, 3.05) is 13.1 Å². The molecule has 0 aliphatic heterocycles. The smallest absolute Gasteiger partial charge is 0.433 e. The number of carbonyl (C=O) groups is 3. The molecule has 7 nitrogen and oxygen atoms in total. The van der Waals surface area contributed by atoms with E-state index in [9.17, 15) is 37.1 Å². The minimum Gasteiger partial charge on any atom is -0.481 e. The van der Waals surface area contributed by atoms with E-state index in [1.165, 1.54) is 0 Å². The van der Waals surface area contributed by atoms with E-state index in [1.807, 2.05) is 0 Å². The fraction of sp³-hybridized carbons (Fsp3) is 0.538. The number of nitrogens with zero attached hydrogens (tertiary/aromatic N) is 3. The molecule has 2 aromatic rings. The van der Waals surface area contributed by atoms with Crippen LogP contribution < -0.4 is 0 Å². The number of carboxylic acid groups (broad SMARTS) is 1. The Bertz CT molecular complexity index is 1280. The minimum absolute atomic E-state index is 0.120. The molecule has 1 aromatic heterocycles. The highest BCUT2D eigenvalue weighted by Gasteiger charge is 2.45. The van der Waals surface area contributed by atoms with Crippen LogP contribution >= 0.6 is 23.2 Å². The van der Waals surface area contributed by atoms with Crippen LogP contribution in [0.5, 0.6) is 0 Å². The number of halogens is 6. The third-order valence-corrected chi connectivity index (χ3v) is 7.51.